The third-order valence-electron chi connectivity index (χ3n) is 2.78. The molecule has 0 unspecified atom stereocenters. The quantitative estimate of drug-likeness (QED) is 0.728. The number of benzene rings is 2. The highest BCUT2D eigenvalue weighted by molar-refractivity contribution is 5.33. The van der Waals surface area contributed by atoms with Crippen LogP contribution in [0.5, 0.6) is 23.0 Å². The lowest BCUT2D eigenvalue weighted by Crippen LogP contribution is -2.05. The third-order valence-corrected chi connectivity index (χ3v) is 2.78. The Hall–Kier alpha value is -2.62. The SMILES string of the molecule is C=C(COc1ccc(OC)cc1)Oc1ccc(OC)cc1. The number of rotatable bonds is 7. The largest absolute Gasteiger partial charge is 0.497 e. The van der Waals surface area contributed by atoms with Gasteiger partial charge in [0.2, 0.25) is 0 Å². The van der Waals surface area contributed by atoms with Gasteiger partial charge in [-0.05, 0) is 48.5 Å². The molecule has 0 aliphatic heterocycles. The van der Waals surface area contributed by atoms with E-state index in [0.29, 0.717) is 11.5 Å². The van der Waals surface area contributed by atoms with E-state index < -0.39 is 0 Å². The van der Waals surface area contributed by atoms with Gasteiger partial charge in [-0.1, -0.05) is 6.58 Å². The summed E-state index contributed by atoms with van der Waals surface area (Å²) in [5.74, 6) is 3.52. The van der Waals surface area contributed by atoms with Gasteiger partial charge in [-0.25, -0.2) is 0 Å². The fourth-order valence-corrected chi connectivity index (χ4v) is 1.68. The van der Waals surface area contributed by atoms with E-state index in [1.54, 1.807) is 14.2 Å². The summed E-state index contributed by atoms with van der Waals surface area (Å²) < 4.78 is 21.3. The molecule has 110 valence electrons. The zero-order valence-electron chi connectivity index (χ0n) is 12.2. The summed E-state index contributed by atoms with van der Waals surface area (Å²) in [4.78, 5) is 0. The van der Waals surface area contributed by atoms with Crippen molar-refractivity contribution < 1.29 is 18.9 Å². The van der Waals surface area contributed by atoms with E-state index in [1.807, 2.05) is 48.5 Å². The van der Waals surface area contributed by atoms with Gasteiger partial charge in [0.1, 0.15) is 35.4 Å². The van der Waals surface area contributed by atoms with Crippen LogP contribution in [0.2, 0.25) is 0 Å². The fraction of sp³-hybridized carbons (Fsp3) is 0.176. The standard InChI is InChI=1S/C17H18O4/c1-13(21-17-10-6-15(19-3)7-11-17)12-20-16-8-4-14(18-2)5-9-16/h4-11H,1,12H2,2-3H3. The van der Waals surface area contributed by atoms with E-state index in [4.69, 9.17) is 18.9 Å². The van der Waals surface area contributed by atoms with Gasteiger partial charge in [-0.3, -0.25) is 0 Å². The average Bonchev–Trinajstić information content (AvgIpc) is 2.54. The van der Waals surface area contributed by atoms with Gasteiger partial charge in [0, 0.05) is 0 Å². The summed E-state index contributed by atoms with van der Waals surface area (Å²) in [6, 6.07) is 14.6. The molecule has 2 rings (SSSR count). The average molecular weight is 286 g/mol. The van der Waals surface area contributed by atoms with Gasteiger partial charge in [0.15, 0.2) is 0 Å². The van der Waals surface area contributed by atoms with Crippen molar-refractivity contribution >= 4 is 0 Å². The van der Waals surface area contributed by atoms with Crippen LogP contribution in [0.1, 0.15) is 0 Å². The van der Waals surface area contributed by atoms with Gasteiger partial charge in [-0.15, -0.1) is 0 Å². The molecule has 0 radical (unpaired) electrons. The molecule has 0 aliphatic carbocycles. The Bertz CT molecular complexity index is 573. The summed E-state index contributed by atoms with van der Waals surface area (Å²) in [5, 5.41) is 0. The Labute approximate surface area is 124 Å². The number of hydrogen-bond acceptors (Lipinski definition) is 4. The molecular formula is C17H18O4. The Morgan fingerprint density at radius 1 is 0.762 bits per heavy atom. The number of ether oxygens (including phenoxy) is 4. The van der Waals surface area contributed by atoms with Crippen LogP contribution in [0.3, 0.4) is 0 Å². The first kappa shape index (κ1) is 14.8. The highest BCUT2D eigenvalue weighted by Gasteiger charge is 2.01. The predicted molar refractivity (Wildman–Crippen MR) is 81.3 cm³/mol. The Morgan fingerprint density at radius 2 is 1.19 bits per heavy atom. The Balaban J connectivity index is 1.83. The summed E-state index contributed by atoms with van der Waals surface area (Å²) >= 11 is 0. The Kier molecular flexibility index (Phi) is 5.10. The molecule has 2 aromatic carbocycles. The first-order valence-corrected chi connectivity index (χ1v) is 6.48. The second-order valence-corrected chi connectivity index (χ2v) is 4.28. The van der Waals surface area contributed by atoms with E-state index >= 15 is 0 Å². The molecule has 2 aromatic rings. The van der Waals surface area contributed by atoms with Crippen molar-refractivity contribution in [1.29, 1.82) is 0 Å². The maximum Gasteiger partial charge on any atom is 0.145 e. The molecule has 0 spiro atoms. The minimum atomic E-state index is 0.276. The van der Waals surface area contributed by atoms with Gasteiger partial charge >= 0.3 is 0 Å². The molecule has 0 aliphatic rings. The molecule has 0 saturated heterocycles. The van der Waals surface area contributed by atoms with Gasteiger partial charge in [-0.2, -0.15) is 0 Å². The van der Waals surface area contributed by atoms with Crippen LogP contribution >= 0.6 is 0 Å². The highest BCUT2D eigenvalue weighted by Crippen LogP contribution is 2.20. The van der Waals surface area contributed by atoms with Gasteiger partial charge in [0.25, 0.3) is 0 Å². The lowest BCUT2D eigenvalue weighted by molar-refractivity contribution is 0.281. The van der Waals surface area contributed by atoms with Crippen molar-refractivity contribution in [2.24, 2.45) is 0 Å². The summed E-state index contributed by atoms with van der Waals surface area (Å²) in [6.45, 7) is 4.11. The van der Waals surface area contributed by atoms with Crippen LogP contribution in [0.25, 0.3) is 0 Å². The van der Waals surface area contributed by atoms with Crippen molar-refractivity contribution in [3.63, 3.8) is 0 Å². The molecule has 0 amide bonds. The third kappa shape index (κ3) is 4.45. The summed E-state index contributed by atoms with van der Waals surface area (Å²) in [7, 11) is 3.25. The fourth-order valence-electron chi connectivity index (χ4n) is 1.68. The van der Waals surface area contributed by atoms with Crippen LogP contribution in [0.4, 0.5) is 0 Å². The van der Waals surface area contributed by atoms with Crippen molar-refractivity contribution in [2.75, 3.05) is 20.8 Å². The molecular weight excluding hydrogens is 268 g/mol. The van der Waals surface area contributed by atoms with Crippen LogP contribution in [-0.4, -0.2) is 20.8 Å². The van der Waals surface area contributed by atoms with E-state index in [2.05, 4.69) is 6.58 Å². The molecule has 0 fully saturated rings. The molecule has 0 saturated carbocycles. The molecule has 0 bridgehead atoms. The Morgan fingerprint density at radius 3 is 1.67 bits per heavy atom. The normalized spacial score (nSPS) is 9.81. The molecule has 0 atom stereocenters. The van der Waals surface area contributed by atoms with Crippen LogP contribution < -0.4 is 18.9 Å². The zero-order chi connectivity index (χ0) is 15.1. The zero-order valence-corrected chi connectivity index (χ0v) is 12.2. The second-order valence-electron chi connectivity index (χ2n) is 4.28. The minimum absolute atomic E-state index is 0.276. The molecule has 0 N–H and O–H groups in total. The van der Waals surface area contributed by atoms with E-state index in [-0.39, 0.29) is 6.61 Å². The topological polar surface area (TPSA) is 36.9 Å². The van der Waals surface area contributed by atoms with Crippen molar-refractivity contribution in [1.82, 2.24) is 0 Å². The molecule has 4 heteroatoms. The van der Waals surface area contributed by atoms with Gasteiger partial charge < -0.3 is 18.9 Å². The molecule has 4 nitrogen and oxygen atoms in total. The summed E-state index contributed by atoms with van der Waals surface area (Å²) in [6.07, 6.45) is 0. The van der Waals surface area contributed by atoms with Crippen molar-refractivity contribution in [3.05, 3.63) is 60.9 Å². The lowest BCUT2D eigenvalue weighted by Gasteiger charge is -2.11. The maximum atomic E-state index is 5.58. The van der Waals surface area contributed by atoms with Crippen LogP contribution in [0, 0.1) is 0 Å². The lowest BCUT2D eigenvalue weighted by atomic mass is 10.3. The van der Waals surface area contributed by atoms with E-state index in [1.165, 1.54) is 0 Å². The first-order chi connectivity index (χ1) is 10.2. The van der Waals surface area contributed by atoms with E-state index in [0.717, 1.165) is 17.2 Å². The highest BCUT2D eigenvalue weighted by atomic mass is 16.5. The van der Waals surface area contributed by atoms with Crippen LogP contribution in [0.15, 0.2) is 60.9 Å². The van der Waals surface area contributed by atoms with Crippen LogP contribution in [-0.2, 0) is 0 Å². The second kappa shape index (κ2) is 7.24. The molecule has 0 aromatic heterocycles. The smallest absolute Gasteiger partial charge is 0.145 e. The van der Waals surface area contributed by atoms with Crippen molar-refractivity contribution in [3.8, 4) is 23.0 Å². The summed E-state index contributed by atoms with van der Waals surface area (Å²) in [5.41, 5.74) is 0. The van der Waals surface area contributed by atoms with Gasteiger partial charge in [0.05, 0.1) is 14.2 Å². The molecule has 21 heavy (non-hydrogen) atoms. The first-order valence-electron chi connectivity index (χ1n) is 6.48. The minimum Gasteiger partial charge on any atom is -0.497 e. The number of hydrogen-bond donors (Lipinski definition) is 0. The predicted octanol–water partition coefficient (Wildman–Crippen LogP) is 3.68. The molecule has 0 heterocycles. The van der Waals surface area contributed by atoms with E-state index in [9.17, 15) is 0 Å². The number of methoxy groups -OCH3 is 2. The van der Waals surface area contributed by atoms with Crippen molar-refractivity contribution in [2.45, 2.75) is 0 Å². The monoisotopic (exact) mass is 286 g/mol. The maximum absolute atomic E-state index is 5.58.